The fraction of sp³-hybridized carbons (Fsp3) is 0.778. The summed E-state index contributed by atoms with van der Waals surface area (Å²) >= 11 is 0. The van der Waals surface area contributed by atoms with Gasteiger partial charge in [-0.3, -0.25) is 0 Å². The summed E-state index contributed by atoms with van der Waals surface area (Å²) in [5, 5.41) is 10.2. The standard InChI is InChI=1S/C27H42O2/c1-19(8-6-5-7-17-29-4)23-11-12-24-22-10-9-20-18-21(28)13-15-26(20,2)25(22)14-16-27(23,24)3/h5-6,8-9,21-25,28H,7,10-18H2,1-4H3/b6-5+,19-8+/t21-,22-,23+,24-,25-,26-,27+/m0/s1. The highest BCUT2D eigenvalue weighted by atomic mass is 16.5. The Bertz CT molecular complexity index is 689. The zero-order valence-corrected chi connectivity index (χ0v) is 19.1. The molecule has 0 saturated heterocycles. The van der Waals surface area contributed by atoms with E-state index in [9.17, 15) is 5.11 Å². The van der Waals surface area contributed by atoms with Crippen LogP contribution in [0, 0.1) is 34.5 Å². The Morgan fingerprint density at radius 2 is 2.00 bits per heavy atom. The number of hydrogen-bond donors (Lipinski definition) is 1. The van der Waals surface area contributed by atoms with Gasteiger partial charge in [-0.15, -0.1) is 0 Å². The van der Waals surface area contributed by atoms with E-state index in [0.717, 1.165) is 49.5 Å². The lowest BCUT2D eigenvalue weighted by Gasteiger charge is -2.58. The topological polar surface area (TPSA) is 29.5 Å². The summed E-state index contributed by atoms with van der Waals surface area (Å²) in [4.78, 5) is 0. The van der Waals surface area contributed by atoms with Crippen LogP contribution in [0.4, 0.5) is 0 Å². The van der Waals surface area contributed by atoms with Crippen molar-refractivity contribution in [3.8, 4) is 0 Å². The maximum atomic E-state index is 10.2. The molecule has 3 saturated carbocycles. The second-order valence-electron chi connectivity index (χ2n) is 11.0. The van der Waals surface area contributed by atoms with Gasteiger partial charge in [-0.1, -0.05) is 49.3 Å². The molecule has 162 valence electrons. The van der Waals surface area contributed by atoms with Crippen molar-refractivity contribution in [2.45, 2.75) is 84.7 Å². The second-order valence-corrected chi connectivity index (χ2v) is 11.0. The van der Waals surface area contributed by atoms with Crippen LogP contribution in [-0.2, 0) is 4.74 Å². The fourth-order valence-corrected chi connectivity index (χ4v) is 8.01. The van der Waals surface area contributed by atoms with E-state index in [2.05, 4.69) is 45.1 Å². The van der Waals surface area contributed by atoms with E-state index in [0.29, 0.717) is 10.8 Å². The van der Waals surface area contributed by atoms with Gasteiger partial charge in [0.15, 0.2) is 0 Å². The largest absolute Gasteiger partial charge is 0.393 e. The van der Waals surface area contributed by atoms with Crippen LogP contribution in [0.5, 0.6) is 0 Å². The highest BCUT2D eigenvalue weighted by Crippen LogP contribution is 2.67. The van der Waals surface area contributed by atoms with Crippen LogP contribution >= 0.6 is 0 Å². The molecule has 0 aromatic heterocycles. The molecule has 0 aliphatic heterocycles. The molecule has 29 heavy (non-hydrogen) atoms. The van der Waals surface area contributed by atoms with Gasteiger partial charge in [0.2, 0.25) is 0 Å². The molecule has 0 bridgehead atoms. The Kier molecular flexibility index (Phi) is 6.15. The van der Waals surface area contributed by atoms with Crippen molar-refractivity contribution in [3.05, 3.63) is 35.5 Å². The SMILES string of the molecule is COCC/C=C/C=C(\C)[C@H]1CC[C@H]2[C@@H]3CC=C4C[C@@H](O)CC[C@]4(C)[C@H]3CC[C@]12C. The average Bonchev–Trinajstić information content (AvgIpc) is 3.05. The molecule has 0 radical (unpaired) electrons. The summed E-state index contributed by atoms with van der Waals surface area (Å²) in [6.45, 7) is 8.32. The van der Waals surface area contributed by atoms with E-state index in [1.165, 1.54) is 38.5 Å². The van der Waals surface area contributed by atoms with Gasteiger partial charge >= 0.3 is 0 Å². The second kappa shape index (κ2) is 8.35. The molecule has 0 spiro atoms. The van der Waals surface area contributed by atoms with Crippen molar-refractivity contribution in [2.24, 2.45) is 34.5 Å². The van der Waals surface area contributed by atoms with Gasteiger partial charge in [0, 0.05) is 13.7 Å². The number of ether oxygens (including phenoxy) is 1. The van der Waals surface area contributed by atoms with E-state index in [1.807, 2.05) is 0 Å². The van der Waals surface area contributed by atoms with E-state index in [4.69, 9.17) is 4.74 Å². The maximum absolute atomic E-state index is 10.2. The lowest BCUT2D eigenvalue weighted by atomic mass is 9.47. The summed E-state index contributed by atoms with van der Waals surface area (Å²) in [5.41, 5.74) is 4.00. The molecule has 0 heterocycles. The van der Waals surface area contributed by atoms with Crippen molar-refractivity contribution < 1.29 is 9.84 Å². The van der Waals surface area contributed by atoms with Gasteiger partial charge in [-0.2, -0.15) is 0 Å². The average molecular weight is 399 g/mol. The molecule has 0 unspecified atom stereocenters. The molecule has 0 aromatic carbocycles. The van der Waals surface area contributed by atoms with Crippen molar-refractivity contribution in [2.75, 3.05) is 13.7 Å². The Labute approximate surface area is 178 Å². The molecule has 4 aliphatic rings. The van der Waals surface area contributed by atoms with Crippen molar-refractivity contribution in [1.82, 2.24) is 0 Å². The number of aliphatic hydroxyl groups excluding tert-OH is 1. The molecular weight excluding hydrogens is 356 g/mol. The van der Waals surface area contributed by atoms with Crippen LogP contribution in [-0.4, -0.2) is 24.9 Å². The molecule has 4 aliphatic carbocycles. The van der Waals surface area contributed by atoms with Gasteiger partial charge in [0.1, 0.15) is 0 Å². The molecular formula is C27H42O2. The van der Waals surface area contributed by atoms with Gasteiger partial charge in [-0.25, -0.2) is 0 Å². The van der Waals surface area contributed by atoms with Crippen LogP contribution in [0.3, 0.4) is 0 Å². The summed E-state index contributed by atoms with van der Waals surface area (Å²) in [6.07, 6.45) is 20.2. The van der Waals surface area contributed by atoms with Gasteiger partial charge in [0.05, 0.1) is 6.10 Å². The fourth-order valence-electron chi connectivity index (χ4n) is 8.01. The monoisotopic (exact) mass is 398 g/mol. The first-order valence-corrected chi connectivity index (χ1v) is 12.1. The van der Waals surface area contributed by atoms with E-state index in [1.54, 1.807) is 18.3 Å². The first-order valence-electron chi connectivity index (χ1n) is 12.1. The number of hydrogen-bond acceptors (Lipinski definition) is 2. The highest BCUT2D eigenvalue weighted by Gasteiger charge is 2.58. The van der Waals surface area contributed by atoms with Crippen molar-refractivity contribution in [1.29, 1.82) is 0 Å². The zero-order valence-electron chi connectivity index (χ0n) is 19.1. The van der Waals surface area contributed by atoms with Crippen molar-refractivity contribution >= 4 is 0 Å². The minimum absolute atomic E-state index is 0.0969. The third kappa shape index (κ3) is 3.69. The smallest absolute Gasteiger partial charge is 0.0577 e. The van der Waals surface area contributed by atoms with Crippen molar-refractivity contribution in [3.63, 3.8) is 0 Å². The number of fused-ring (bicyclic) bond motifs is 5. The molecule has 0 aromatic rings. The van der Waals surface area contributed by atoms with Gasteiger partial charge < -0.3 is 9.84 Å². The molecule has 4 rings (SSSR count). The summed E-state index contributed by atoms with van der Waals surface area (Å²) in [7, 11) is 1.77. The number of aliphatic hydroxyl groups is 1. The zero-order chi connectivity index (χ0) is 20.6. The number of allylic oxidation sites excluding steroid dienone is 4. The predicted molar refractivity (Wildman–Crippen MR) is 121 cm³/mol. The van der Waals surface area contributed by atoms with E-state index >= 15 is 0 Å². The first-order chi connectivity index (χ1) is 13.9. The summed E-state index contributed by atoms with van der Waals surface area (Å²) in [5.74, 6) is 3.30. The maximum Gasteiger partial charge on any atom is 0.0577 e. The minimum Gasteiger partial charge on any atom is -0.393 e. The Morgan fingerprint density at radius 1 is 1.17 bits per heavy atom. The summed E-state index contributed by atoms with van der Waals surface area (Å²) < 4.78 is 5.15. The van der Waals surface area contributed by atoms with E-state index in [-0.39, 0.29) is 6.10 Å². The van der Waals surface area contributed by atoms with Crippen LogP contribution in [0.2, 0.25) is 0 Å². The first kappa shape index (κ1) is 21.4. The molecule has 3 fully saturated rings. The predicted octanol–water partition coefficient (Wildman–Crippen LogP) is 6.47. The number of methoxy groups -OCH3 is 1. The Hall–Kier alpha value is -0.860. The van der Waals surface area contributed by atoms with Crippen LogP contribution in [0.1, 0.15) is 78.6 Å². The third-order valence-electron chi connectivity index (χ3n) is 9.61. The van der Waals surface area contributed by atoms with Crippen LogP contribution in [0.25, 0.3) is 0 Å². The molecule has 1 N–H and O–H groups in total. The lowest BCUT2D eigenvalue weighted by molar-refractivity contribution is -0.0454. The molecule has 0 amide bonds. The Balaban J connectivity index is 1.51. The molecule has 2 heteroatoms. The quantitative estimate of drug-likeness (QED) is 0.327. The van der Waals surface area contributed by atoms with Crippen LogP contribution in [0.15, 0.2) is 35.5 Å². The highest BCUT2D eigenvalue weighted by molar-refractivity contribution is 5.27. The molecule has 2 nitrogen and oxygen atoms in total. The Morgan fingerprint density at radius 3 is 2.79 bits per heavy atom. The van der Waals surface area contributed by atoms with Gasteiger partial charge in [0.25, 0.3) is 0 Å². The number of rotatable bonds is 5. The minimum atomic E-state index is -0.0969. The summed E-state index contributed by atoms with van der Waals surface area (Å²) in [6, 6.07) is 0. The lowest BCUT2D eigenvalue weighted by Crippen LogP contribution is -2.50. The third-order valence-corrected chi connectivity index (χ3v) is 9.61. The van der Waals surface area contributed by atoms with E-state index < -0.39 is 0 Å². The van der Waals surface area contributed by atoms with Gasteiger partial charge in [-0.05, 0) is 99.2 Å². The van der Waals surface area contributed by atoms with Crippen LogP contribution < -0.4 is 0 Å². The normalized spacial score (nSPS) is 44.9. The molecule has 7 atom stereocenters.